The molecule has 0 saturated heterocycles. The molecule has 1 N–H and O–H groups in total. The molecule has 0 aliphatic heterocycles. The molecule has 0 bridgehead atoms. The molecule has 0 heterocycles. The van der Waals surface area contributed by atoms with Crippen molar-refractivity contribution in [3.8, 4) is 0 Å². The fraction of sp³-hybridized carbons (Fsp3) is 0.294. The van der Waals surface area contributed by atoms with E-state index >= 15 is 0 Å². The Morgan fingerprint density at radius 3 is 2.33 bits per heavy atom. The molecule has 112 valence electrons. The Kier molecular flexibility index (Phi) is 5.28. The van der Waals surface area contributed by atoms with Crippen LogP contribution in [0.15, 0.2) is 42.5 Å². The highest BCUT2D eigenvalue weighted by Crippen LogP contribution is 2.25. The Labute approximate surface area is 124 Å². The molecule has 2 rings (SSSR count). The number of hydrogen-bond acceptors (Lipinski definition) is 2. The average molecular weight is 290 g/mol. The van der Waals surface area contributed by atoms with Gasteiger partial charge in [0.2, 0.25) is 0 Å². The molecule has 0 aliphatic rings. The molecule has 0 amide bonds. The van der Waals surface area contributed by atoms with Gasteiger partial charge < -0.3 is 10.2 Å². The molecule has 2 aromatic rings. The first-order chi connectivity index (χ1) is 10.1. The smallest absolute Gasteiger partial charge is 0.125 e. The summed E-state index contributed by atoms with van der Waals surface area (Å²) in [5, 5.41) is 3.26. The second-order valence-electron chi connectivity index (χ2n) is 5.03. The van der Waals surface area contributed by atoms with Gasteiger partial charge in [-0.05, 0) is 61.0 Å². The maximum atomic E-state index is 13.8. The lowest BCUT2D eigenvalue weighted by Gasteiger charge is -2.20. The Morgan fingerprint density at radius 2 is 1.67 bits per heavy atom. The molecule has 0 saturated carbocycles. The topological polar surface area (TPSA) is 15.3 Å². The first kappa shape index (κ1) is 15.4. The normalized spacial score (nSPS) is 10.7. The van der Waals surface area contributed by atoms with Gasteiger partial charge in [-0.3, -0.25) is 0 Å². The van der Waals surface area contributed by atoms with Gasteiger partial charge in [0.1, 0.15) is 11.6 Å². The molecular formula is C17H20F2N2. The Balaban J connectivity index is 2.20. The van der Waals surface area contributed by atoms with E-state index in [0.717, 1.165) is 29.9 Å². The minimum atomic E-state index is -0.282. The summed E-state index contributed by atoms with van der Waals surface area (Å²) >= 11 is 0. The molecule has 0 unspecified atom stereocenters. The van der Waals surface area contributed by atoms with E-state index in [9.17, 15) is 8.78 Å². The Bertz CT molecular complexity index is 582. The van der Waals surface area contributed by atoms with Gasteiger partial charge in [0.05, 0.1) is 0 Å². The van der Waals surface area contributed by atoms with Crippen LogP contribution in [0.4, 0.5) is 20.2 Å². The largest absolute Gasteiger partial charge is 0.345 e. The third kappa shape index (κ3) is 4.26. The lowest BCUT2D eigenvalue weighted by atomic mass is 10.1. The van der Waals surface area contributed by atoms with Crippen molar-refractivity contribution in [3.05, 3.63) is 59.7 Å². The molecule has 0 atom stereocenters. The van der Waals surface area contributed by atoms with Crippen molar-refractivity contribution in [2.45, 2.75) is 19.9 Å². The van der Waals surface area contributed by atoms with E-state index in [0.29, 0.717) is 6.54 Å². The van der Waals surface area contributed by atoms with E-state index in [4.69, 9.17) is 0 Å². The minimum Gasteiger partial charge on any atom is -0.345 e. The fourth-order valence-electron chi connectivity index (χ4n) is 2.15. The van der Waals surface area contributed by atoms with Gasteiger partial charge in [-0.2, -0.15) is 0 Å². The number of nitrogens with zero attached hydrogens (tertiary/aromatic N) is 1. The molecule has 21 heavy (non-hydrogen) atoms. The lowest BCUT2D eigenvalue weighted by Crippen LogP contribution is -2.15. The third-order valence-corrected chi connectivity index (χ3v) is 3.30. The van der Waals surface area contributed by atoms with E-state index in [-0.39, 0.29) is 11.6 Å². The molecule has 2 aromatic carbocycles. The van der Waals surface area contributed by atoms with Crippen LogP contribution in [-0.4, -0.2) is 13.6 Å². The van der Waals surface area contributed by atoms with Gasteiger partial charge in [0, 0.05) is 25.0 Å². The summed E-state index contributed by atoms with van der Waals surface area (Å²) in [6.07, 6.45) is 1.04. The van der Waals surface area contributed by atoms with Gasteiger partial charge in [-0.15, -0.1) is 0 Å². The van der Waals surface area contributed by atoms with Crippen LogP contribution >= 0.6 is 0 Å². The molecular weight excluding hydrogens is 270 g/mol. The van der Waals surface area contributed by atoms with Crippen molar-refractivity contribution < 1.29 is 8.78 Å². The highest BCUT2D eigenvalue weighted by atomic mass is 19.1. The summed E-state index contributed by atoms with van der Waals surface area (Å²) in [6.45, 7) is 3.63. The average Bonchev–Trinajstić information content (AvgIpc) is 2.47. The molecule has 0 aliphatic carbocycles. The SMILES string of the molecule is CCCNCc1cc(F)cc(N(C)c2ccc(F)cc2)c1. The van der Waals surface area contributed by atoms with E-state index in [2.05, 4.69) is 12.2 Å². The van der Waals surface area contributed by atoms with Crippen LogP contribution in [0.3, 0.4) is 0 Å². The van der Waals surface area contributed by atoms with E-state index in [1.807, 2.05) is 18.0 Å². The molecule has 0 fully saturated rings. The van der Waals surface area contributed by atoms with Crippen molar-refractivity contribution in [3.63, 3.8) is 0 Å². The summed E-state index contributed by atoms with van der Waals surface area (Å²) in [7, 11) is 1.84. The zero-order chi connectivity index (χ0) is 15.2. The molecule has 2 nitrogen and oxygen atoms in total. The fourth-order valence-corrected chi connectivity index (χ4v) is 2.15. The number of halogens is 2. The van der Waals surface area contributed by atoms with Gasteiger partial charge in [-0.1, -0.05) is 6.92 Å². The second kappa shape index (κ2) is 7.18. The summed E-state index contributed by atoms with van der Waals surface area (Å²) < 4.78 is 26.7. The van der Waals surface area contributed by atoms with Crippen molar-refractivity contribution in [2.75, 3.05) is 18.5 Å². The Morgan fingerprint density at radius 1 is 0.952 bits per heavy atom. The molecule has 4 heteroatoms. The van der Waals surface area contributed by atoms with Gasteiger partial charge in [-0.25, -0.2) is 8.78 Å². The van der Waals surface area contributed by atoms with E-state index in [1.165, 1.54) is 24.3 Å². The van der Waals surface area contributed by atoms with Crippen molar-refractivity contribution >= 4 is 11.4 Å². The number of nitrogens with one attached hydrogen (secondary N) is 1. The third-order valence-electron chi connectivity index (χ3n) is 3.30. The number of rotatable bonds is 6. The number of anilines is 2. The molecule has 0 spiro atoms. The zero-order valence-corrected chi connectivity index (χ0v) is 12.4. The highest BCUT2D eigenvalue weighted by molar-refractivity contribution is 5.63. The van der Waals surface area contributed by atoms with Crippen LogP contribution in [0.1, 0.15) is 18.9 Å². The van der Waals surface area contributed by atoms with E-state index < -0.39 is 0 Å². The van der Waals surface area contributed by atoms with Crippen LogP contribution in [0.2, 0.25) is 0 Å². The van der Waals surface area contributed by atoms with Gasteiger partial charge >= 0.3 is 0 Å². The summed E-state index contributed by atoms with van der Waals surface area (Å²) in [5.41, 5.74) is 2.46. The van der Waals surface area contributed by atoms with Crippen LogP contribution < -0.4 is 10.2 Å². The van der Waals surface area contributed by atoms with Crippen molar-refractivity contribution in [1.82, 2.24) is 5.32 Å². The summed E-state index contributed by atoms with van der Waals surface area (Å²) in [6, 6.07) is 11.1. The van der Waals surface area contributed by atoms with Gasteiger partial charge in [0.15, 0.2) is 0 Å². The zero-order valence-electron chi connectivity index (χ0n) is 12.4. The van der Waals surface area contributed by atoms with E-state index in [1.54, 1.807) is 12.1 Å². The summed E-state index contributed by atoms with van der Waals surface area (Å²) in [4.78, 5) is 1.84. The number of benzene rings is 2. The predicted molar refractivity (Wildman–Crippen MR) is 82.9 cm³/mol. The maximum Gasteiger partial charge on any atom is 0.125 e. The lowest BCUT2D eigenvalue weighted by molar-refractivity contribution is 0.619. The quantitative estimate of drug-likeness (QED) is 0.801. The maximum absolute atomic E-state index is 13.8. The van der Waals surface area contributed by atoms with Crippen LogP contribution in [-0.2, 0) is 6.54 Å². The van der Waals surface area contributed by atoms with Crippen molar-refractivity contribution in [2.24, 2.45) is 0 Å². The predicted octanol–water partition coefficient (Wildman–Crippen LogP) is 4.23. The highest BCUT2D eigenvalue weighted by Gasteiger charge is 2.07. The first-order valence-electron chi connectivity index (χ1n) is 7.09. The minimum absolute atomic E-state index is 0.269. The summed E-state index contributed by atoms with van der Waals surface area (Å²) in [5.74, 6) is -0.550. The van der Waals surface area contributed by atoms with Crippen LogP contribution in [0.25, 0.3) is 0 Å². The van der Waals surface area contributed by atoms with Gasteiger partial charge in [0.25, 0.3) is 0 Å². The molecule has 0 aromatic heterocycles. The molecule has 0 radical (unpaired) electrons. The Hall–Kier alpha value is -1.94. The second-order valence-corrected chi connectivity index (χ2v) is 5.03. The monoisotopic (exact) mass is 290 g/mol. The van der Waals surface area contributed by atoms with Crippen LogP contribution in [0.5, 0.6) is 0 Å². The first-order valence-corrected chi connectivity index (χ1v) is 7.09. The standard InChI is InChI=1S/C17H20F2N2/c1-3-8-20-12-13-9-15(19)11-17(10-13)21(2)16-6-4-14(18)5-7-16/h4-7,9-11,20H,3,8,12H2,1-2H3. The van der Waals surface area contributed by atoms with Crippen molar-refractivity contribution in [1.29, 1.82) is 0 Å². The van der Waals surface area contributed by atoms with Crippen LogP contribution in [0, 0.1) is 11.6 Å². The number of hydrogen-bond donors (Lipinski definition) is 1.